The van der Waals surface area contributed by atoms with E-state index in [1.807, 2.05) is 18.2 Å². The largest absolute Gasteiger partial charge is 0.477 e. The monoisotopic (exact) mass is 322 g/mol. The summed E-state index contributed by atoms with van der Waals surface area (Å²) in [6.07, 6.45) is 3.27. The molecule has 0 aliphatic heterocycles. The van der Waals surface area contributed by atoms with E-state index in [1.165, 1.54) is 5.56 Å². The minimum Gasteiger partial charge on any atom is -0.477 e. The number of para-hydroxylation sites is 1. The fraction of sp³-hybridized carbons (Fsp3) is 0.167. The Morgan fingerprint density at radius 3 is 2.75 bits per heavy atom. The van der Waals surface area contributed by atoms with Gasteiger partial charge in [-0.1, -0.05) is 32.0 Å². The van der Waals surface area contributed by atoms with Crippen LogP contribution in [0.5, 0.6) is 0 Å². The van der Waals surface area contributed by atoms with Crippen LogP contribution in [0, 0.1) is 0 Å². The number of carboxylic acid groups (broad SMARTS) is 1. The molecule has 0 unspecified atom stereocenters. The number of hydrogen-bond acceptors (Lipinski definition) is 4. The van der Waals surface area contributed by atoms with E-state index >= 15 is 0 Å². The van der Waals surface area contributed by atoms with Gasteiger partial charge in [-0.05, 0) is 29.7 Å². The van der Waals surface area contributed by atoms with Crippen LogP contribution >= 0.6 is 0 Å². The van der Waals surface area contributed by atoms with Crippen molar-refractivity contribution < 1.29 is 9.90 Å². The Morgan fingerprint density at radius 1 is 1.25 bits per heavy atom. The molecule has 0 atom stereocenters. The van der Waals surface area contributed by atoms with Gasteiger partial charge in [-0.3, -0.25) is 0 Å². The van der Waals surface area contributed by atoms with Gasteiger partial charge in [0, 0.05) is 23.6 Å². The van der Waals surface area contributed by atoms with Gasteiger partial charge in [0.1, 0.15) is 5.69 Å². The van der Waals surface area contributed by atoms with Crippen molar-refractivity contribution >= 4 is 17.6 Å². The number of aromatic amines is 1. The van der Waals surface area contributed by atoms with E-state index in [9.17, 15) is 4.79 Å². The summed E-state index contributed by atoms with van der Waals surface area (Å²) >= 11 is 0. The van der Waals surface area contributed by atoms with Crippen molar-refractivity contribution in [3.05, 3.63) is 60.0 Å². The summed E-state index contributed by atoms with van der Waals surface area (Å²) in [6, 6.07) is 11.3. The number of carboxylic acids is 1. The molecule has 122 valence electrons. The van der Waals surface area contributed by atoms with E-state index in [4.69, 9.17) is 5.11 Å². The highest BCUT2D eigenvalue weighted by Gasteiger charge is 2.11. The van der Waals surface area contributed by atoms with Crippen molar-refractivity contribution in [1.29, 1.82) is 0 Å². The highest BCUT2D eigenvalue weighted by Crippen LogP contribution is 2.26. The molecule has 0 saturated heterocycles. The molecule has 2 heterocycles. The number of carbonyl (C=O) groups is 1. The van der Waals surface area contributed by atoms with Crippen LogP contribution in [0.25, 0.3) is 11.3 Å². The summed E-state index contributed by atoms with van der Waals surface area (Å²) < 4.78 is 0. The number of H-pyrrole nitrogens is 1. The zero-order valence-corrected chi connectivity index (χ0v) is 13.4. The van der Waals surface area contributed by atoms with E-state index in [0.29, 0.717) is 23.1 Å². The molecule has 0 radical (unpaired) electrons. The predicted molar refractivity (Wildman–Crippen MR) is 92.6 cm³/mol. The molecule has 6 heteroatoms. The Hall–Kier alpha value is -3.15. The third-order valence-electron chi connectivity index (χ3n) is 3.69. The normalized spacial score (nSPS) is 10.8. The summed E-state index contributed by atoms with van der Waals surface area (Å²) in [6.45, 7) is 4.26. The van der Waals surface area contributed by atoms with Gasteiger partial charge in [0.25, 0.3) is 0 Å². The van der Waals surface area contributed by atoms with Crippen molar-refractivity contribution in [3.63, 3.8) is 0 Å². The van der Waals surface area contributed by atoms with Crippen molar-refractivity contribution in [2.45, 2.75) is 19.8 Å². The molecule has 3 aromatic rings. The minimum absolute atomic E-state index is 0.128. The van der Waals surface area contributed by atoms with Gasteiger partial charge in [0.05, 0.1) is 5.69 Å². The predicted octanol–water partition coefficient (Wildman–Crippen LogP) is 4.04. The first-order valence-electron chi connectivity index (χ1n) is 7.65. The van der Waals surface area contributed by atoms with Crippen molar-refractivity contribution in [3.8, 4) is 11.3 Å². The maximum atomic E-state index is 11.0. The quantitative estimate of drug-likeness (QED) is 0.659. The maximum absolute atomic E-state index is 11.0. The zero-order chi connectivity index (χ0) is 17.1. The molecule has 0 spiro atoms. The summed E-state index contributed by atoms with van der Waals surface area (Å²) in [7, 11) is 0. The summed E-state index contributed by atoms with van der Waals surface area (Å²) in [5, 5.41) is 12.2. The van der Waals surface area contributed by atoms with Gasteiger partial charge < -0.3 is 15.4 Å². The van der Waals surface area contributed by atoms with Crippen LogP contribution in [0.4, 0.5) is 11.6 Å². The minimum atomic E-state index is -1.00. The van der Waals surface area contributed by atoms with Gasteiger partial charge in [-0.15, -0.1) is 0 Å². The fourth-order valence-electron chi connectivity index (χ4n) is 2.48. The van der Waals surface area contributed by atoms with Crippen molar-refractivity contribution in [2.75, 3.05) is 5.32 Å². The molecular formula is C18H18N4O2. The maximum Gasteiger partial charge on any atom is 0.352 e. The number of aromatic carboxylic acids is 1. The summed E-state index contributed by atoms with van der Waals surface area (Å²) in [5.41, 5.74) is 3.63. The van der Waals surface area contributed by atoms with Gasteiger partial charge in [0.15, 0.2) is 0 Å². The first kappa shape index (κ1) is 15.7. The van der Waals surface area contributed by atoms with Crippen molar-refractivity contribution in [1.82, 2.24) is 15.0 Å². The zero-order valence-electron chi connectivity index (χ0n) is 13.4. The lowest BCUT2D eigenvalue weighted by molar-refractivity contribution is 0.0691. The third kappa shape index (κ3) is 3.27. The Labute approximate surface area is 139 Å². The van der Waals surface area contributed by atoms with Crippen LogP contribution < -0.4 is 5.32 Å². The summed E-state index contributed by atoms with van der Waals surface area (Å²) in [4.78, 5) is 22.4. The second kappa shape index (κ2) is 6.54. The molecule has 3 N–H and O–H groups in total. The Balaban J connectivity index is 1.90. The molecule has 0 amide bonds. The van der Waals surface area contributed by atoms with Gasteiger partial charge in [-0.25, -0.2) is 14.8 Å². The average molecular weight is 322 g/mol. The van der Waals surface area contributed by atoms with Crippen LogP contribution in [0.3, 0.4) is 0 Å². The molecule has 24 heavy (non-hydrogen) atoms. The number of hydrogen-bond donors (Lipinski definition) is 3. The standard InChI is InChI=1S/C18H18N4O2/c1-11(2)13-5-3-4-6-15(13)22-18-19-8-7-14(21-18)12-9-16(17(23)24)20-10-12/h3-11,20H,1-2H3,(H,23,24)(H,19,21,22). The van der Waals surface area contributed by atoms with Crippen LogP contribution in [0.1, 0.15) is 35.8 Å². The first-order chi connectivity index (χ1) is 11.5. The second-order valence-corrected chi connectivity index (χ2v) is 5.74. The molecule has 6 nitrogen and oxygen atoms in total. The second-order valence-electron chi connectivity index (χ2n) is 5.74. The van der Waals surface area contributed by atoms with E-state index in [2.05, 4.69) is 40.2 Å². The smallest absolute Gasteiger partial charge is 0.352 e. The number of aromatic nitrogens is 3. The molecule has 2 aromatic heterocycles. The Bertz CT molecular complexity index is 871. The number of nitrogens with zero attached hydrogens (tertiary/aromatic N) is 2. The van der Waals surface area contributed by atoms with Crippen LogP contribution in [0.2, 0.25) is 0 Å². The molecule has 0 saturated carbocycles. The molecule has 3 rings (SSSR count). The lowest BCUT2D eigenvalue weighted by Crippen LogP contribution is -2.01. The molecule has 0 bridgehead atoms. The molecule has 0 aliphatic rings. The van der Waals surface area contributed by atoms with Crippen LogP contribution in [-0.2, 0) is 0 Å². The van der Waals surface area contributed by atoms with E-state index in [0.717, 1.165) is 5.69 Å². The average Bonchev–Trinajstić information content (AvgIpc) is 3.06. The lowest BCUT2D eigenvalue weighted by Gasteiger charge is -2.13. The number of anilines is 2. The van der Waals surface area contributed by atoms with E-state index < -0.39 is 5.97 Å². The number of rotatable bonds is 5. The van der Waals surface area contributed by atoms with Gasteiger partial charge in [0.2, 0.25) is 5.95 Å². The van der Waals surface area contributed by atoms with Crippen molar-refractivity contribution in [2.24, 2.45) is 0 Å². The Kier molecular flexibility index (Phi) is 4.29. The van der Waals surface area contributed by atoms with Gasteiger partial charge in [-0.2, -0.15) is 0 Å². The number of benzene rings is 1. The third-order valence-corrected chi connectivity index (χ3v) is 3.69. The van der Waals surface area contributed by atoms with E-state index in [1.54, 1.807) is 24.5 Å². The highest BCUT2D eigenvalue weighted by atomic mass is 16.4. The molecule has 1 aromatic carbocycles. The number of nitrogens with one attached hydrogen (secondary N) is 2. The molecule has 0 aliphatic carbocycles. The first-order valence-corrected chi connectivity index (χ1v) is 7.65. The van der Waals surface area contributed by atoms with E-state index in [-0.39, 0.29) is 5.69 Å². The Morgan fingerprint density at radius 2 is 2.04 bits per heavy atom. The summed E-state index contributed by atoms with van der Waals surface area (Å²) in [5.74, 6) is -0.155. The fourth-order valence-corrected chi connectivity index (χ4v) is 2.48. The topological polar surface area (TPSA) is 90.9 Å². The SMILES string of the molecule is CC(C)c1ccccc1Nc1nccc(-c2c[nH]c(C(=O)O)c2)n1. The van der Waals surface area contributed by atoms with Crippen LogP contribution in [-0.4, -0.2) is 26.0 Å². The van der Waals surface area contributed by atoms with Crippen LogP contribution in [0.15, 0.2) is 48.8 Å². The van der Waals surface area contributed by atoms with Gasteiger partial charge >= 0.3 is 5.97 Å². The highest BCUT2D eigenvalue weighted by molar-refractivity contribution is 5.87. The molecule has 0 fully saturated rings. The molecular weight excluding hydrogens is 304 g/mol. The lowest BCUT2D eigenvalue weighted by atomic mass is 10.0.